The fraction of sp³-hybridized carbons (Fsp3) is 0.500. The van der Waals surface area contributed by atoms with Crippen molar-refractivity contribution >= 4 is 17.7 Å². The van der Waals surface area contributed by atoms with E-state index in [9.17, 15) is 9.90 Å². The van der Waals surface area contributed by atoms with Gasteiger partial charge < -0.3 is 14.7 Å². The number of carbonyl (C=O) groups excluding carboxylic acids is 1. The van der Waals surface area contributed by atoms with Crippen molar-refractivity contribution in [2.75, 3.05) is 32.1 Å². The number of hydrogen-bond donors (Lipinski definition) is 1. The normalized spacial score (nSPS) is 26.3. The van der Waals surface area contributed by atoms with E-state index in [4.69, 9.17) is 4.74 Å². The minimum Gasteiger partial charge on any atom is -0.394 e. The van der Waals surface area contributed by atoms with Crippen molar-refractivity contribution in [1.29, 1.82) is 0 Å². The molecule has 0 saturated carbocycles. The number of ether oxygens (including phenoxy) is 1. The van der Waals surface area contributed by atoms with Gasteiger partial charge in [0.25, 0.3) is 0 Å². The number of fused-ring (bicyclic) bond motifs is 1. The lowest BCUT2D eigenvalue weighted by Gasteiger charge is -2.36. The molecule has 4 nitrogen and oxygen atoms in total. The smallest absolute Gasteiger partial charge is 0.231 e. The lowest BCUT2D eigenvalue weighted by molar-refractivity contribution is -0.142. The average molecular weight is 279 g/mol. The van der Waals surface area contributed by atoms with Gasteiger partial charge in [-0.05, 0) is 11.6 Å². The maximum Gasteiger partial charge on any atom is 0.231 e. The number of aliphatic hydroxyl groups excluding tert-OH is 1. The van der Waals surface area contributed by atoms with Crippen molar-refractivity contribution in [3.63, 3.8) is 0 Å². The number of morpholine rings is 1. The molecule has 1 fully saturated rings. The molecule has 2 heterocycles. The van der Waals surface area contributed by atoms with Gasteiger partial charge in [-0.15, -0.1) is 11.8 Å². The Kier molecular flexibility index (Phi) is 3.77. The van der Waals surface area contributed by atoms with E-state index in [-0.39, 0.29) is 24.5 Å². The van der Waals surface area contributed by atoms with Crippen LogP contribution in [0.1, 0.15) is 11.5 Å². The molecule has 2 aliphatic rings. The third-order valence-electron chi connectivity index (χ3n) is 3.72. The predicted molar refractivity (Wildman–Crippen MR) is 73.3 cm³/mol. The zero-order valence-electron chi connectivity index (χ0n) is 10.6. The van der Waals surface area contributed by atoms with E-state index in [0.29, 0.717) is 19.8 Å². The predicted octanol–water partition coefficient (Wildman–Crippen LogP) is 1.10. The first kappa shape index (κ1) is 13.0. The minimum atomic E-state index is -0.195. The number of amides is 1. The Balaban J connectivity index is 1.81. The molecule has 0 spiro atoms. The van der Waals surface area contributed by atoms with Crippen LogP contribution in [-0.4, -0.2) is 54.1 Å². The first-order valence-electron chi connectivity index (χ1n) is 6.52. The number of rotatable bonds is 2. The summed E-state index contributed by atoms with van der Waals surface area (Å²) in [6.45, 7) is 1.54. The van der Waals surface area contributed by atoms with Gasteiger partial charge in [0.2, 0.25) is 5.91 Å². The first-order chi connectivity index (χ1) is 9.31. The van der Waals surface area contributed by atoms with E-state index in [1.165, 1.54) is 4.90 Å². The molecular weight excluding hydrogens is 262 g/mol. The molecule has 1 aromatic carbocycles. The summed E-state index contributed by atoms with van der Waals surface area (Å²) in [5, 5.41) is 9.37. The highest BCUT2D eigenvalue weighted by molar-refractivity contribution is 7.99. The van der Waals surface area contributed by atoms with Crippen LogP contribution in [0, 0.1) is 0 Å². The Hall–Kier alpha value is -1.04. The molecule has 1 saturated heterocycles. The first-order valence-corrected chi connectivity index (χ1v) is 7.50. The van der Waals surface area contributed by atoms with Crippen LogP contribution < -0.4 is 0 Å². The van der Waals surface area contributed by atoms with Gasteiger partial charge in [0.15, 0.2) is 0 Å². The summed E-state index contributed by atoms with van der Waals surface area (Å²) in [7, 11) is 0. The van der Waals surface area contributed by atoms with Gasteiger partial charge in [0.1, 0.15) is 0 Å². The van der Waals surface area contributed by atoms with Crippen molar-refractivity contribution in [3.05, 3.63) is 29.8 Å². The maximum absolute atomic E-state index is 12.7. The van der Waals surface area contributed by atoms with Crippen molar-refractivity contribution < 1.29 is 14.6 Å². The van der Waals surface area contributed by atoms with Gasteiger partial charge in [-0.2, -0.15) is 0 Å². The van der Waals surface area contributed by atoms with E-state index in [2.05, 4.69) is 6.07 Å². The van der Waals surface area contributed by atoms with Gasteiger partial charge in [-0.25, -0.2) is 0 Å². The number of thioether (sulfide) groups is 1. The molecule has 1 N–H and O–H groups in total. The molecule has 102 valence electrons. The van der Waals surface area contributed by atoms with Gasteiger partial charge >= 0.3 is 0 Å². The second-order valence-electron chi connectivity index (χ2n) is 4.84. The molecule has 19 heavy (non-hydrogen) atoms. The van der Waals surface area contributed by atoms with E-state index in [1.807, 2.05) is 18.2 Å². The highest BCUT2D eigenvalue weighted by atomic mass is 32.2. The van der Waals surface area contributed by atoms with Gasteiger partial charge in [-0.1, -0.05) is 18.2 Å². The van der Waals surface area contributed by atoms with Crippen LogP contribution in [0.25, 0.3) is 0 Å². The highest BCUT2D eigenvalue weighted by Crippen LogP contribution is 2.40. The van der Waals surface area contributed by atoms with Crippen LogP contribution in [0.4, 0.5) is 0 Å². The quantitative estimate of drug-likeness (QED) is 0.880. The molecule has 1 amide bonds. The number of hydrogen-bond acceptors (Lipinski definition) is 4. The minimum absolute atomic E-state index is 0.0345. The summed E-state index contributed by atoms with van der Waals surface area (Å²) in [6, 6.07) is 7.89. The highest BCUT2D eigenvalue weighted by Gasteiger charge is 2.36. The third-order valence-corrected chi connectivity index (χ3v) is 4.90. The summed E-state index contributed by atoms with van der Waals surface area (Å²) >= 11 is 1.74. The monoisotopic (exact) mass is 279 g/mol. The summed E-state index contributed by atoms with van der Waals surface area (Å²) in [6.07, 6.45) is 0. The summed E-state index contributed by atoms with van der Waals surface area (Å²) in [5.41, 5.74) is 1.13. The number of benzene rings is 1. The molecule has 0 aromatic heterocycles. The molecule has 3 rings (SSSR count). The lowest BCUT2D eigenvalue weighted by Crippen LogP contribution is -2.52. The number of carbonyl (C=O) groups is 1. The molecular formula is C14H17NO3S. The van der Waals surface area contributed by atoms with Crippen LogP contribution in [-0.2, 0) is 9.53 Å². The Labute approximate surface area is 116 Å². The Bertz CT molecular complexity index is 480. The largest absolute Gasteiger partial charge is 0.394 e. The second-order valence-corrected chi connectivity index (χ2v) is 5.91. The molecule has 2 atom stereocenters. The van der Waals surface area contributed by atoms with Crippen LogP contribution in [0.5, 0.6) is 0 Å². The second kappa shape index (κ2) is 5.53. The van der Waals surface area contributed by atoms with E-state index < -0.39 is 0 Å². The van der Waals surface area contributed by atoms with Gasteiger partial charge in [0.05, 0.1) is 31.8 Å². The third kappa shape index (κ3) is 2.38. The summed E-state index contributed by atoms with van der Waals surface area (Å²) < 4.78 is 5.33. The fourth-order valence-corrected chi connectivity index (χ4v) is 3.88. The fourth-order valence-electron chi connectivity index (χ4n) is 2.66. The summed E-state index contributed by atoms with van der Waals surface area (Å²) in [5.74, 6) is 0.849. The van der Waals surface area contributed by atoms with Crippen LogP contribution in [0.15, 0.2) is 29.2 Å². The standard InChI is InChI=1S/C14H17NO3S/c16-7-10-8-18-6-5-15(10)14(17)12-9-19-13-4-2-1-3-11(12)13/h1-4,10,12,16H,5-9H2. The summed E-state index contributed by atoms with van der Waals surface area (Å²) in [4.78, 5) is 15.7. The van der Waals surface area contributed by atoms with Gasteiger partial charge in [-0.3, -0.25) is 4.79 Å². The van der Waals surface area contributed by atoms with Crippen molar-refractivity contribution in [2.24, 2.45) is 0 Å². The Morgan fingerprint density at radius 2 is 2.32 bits per heavy atom. The zero-order valence-corrected chi connectivity index (χ0v) is 11.4. The molecule has 2 unspecified atom stereocenters. The molecule has 5 heteroatoms. The zero-order chi connectivity index (χ0) is 13.2. The SMILES string of the molecule is O=C(C1CSc2ccccc21)N1CCOCC1CO. The Morgan fingerprint density at radius 1 is 1.47 bits per heavy atom. The Morgan fingerprint density at radius 3 is 3.16 bits per heavy atom. The number of aliphatic hydroxyl groups is 1. The van der Waals surface area contributed by atoms with Gasteiger partial charge in [0, 0.05) is 17.2 Å². The molecule has 0 radical (unpaired) electrons. The lowest BCUT2D eigenvalue weighted by atomic mass is 9.99. The maximum atomic E-state index is 12.7. The molecule has 0 bridgehead atoms. The molecule has 0 aliphatic carbocycles. The van der Waals surface area contributed by atoms with Crippen molar-refractivity contribution in [2.45, 2.75) is 16.9 Å². The van der Waals surface area contributed by atoms with Crippen molar-refractivity contribution in [1.82, 2.24) is 4.90 Å². The van der Waals surface area contributed by atoms with Crippen molar-refractivity contribution in [3.8, 4) is 0 Å². The van der Waals surface area contributed by atoms with Crippen LogP contribution >= 0.6 is 11.8 Å². The van der Waals surface area contributed by atoms with E-state index >= 15 is 0 Å². The molecule has 2 aliphatic heterocycles. The van der Waals surface area contributed by atoms with Crippen LogP contribution in [0.3, 0.4) is 0 Å². The number of nitrogens with zero attached hydrogens (tertiary/aromatic N) is 1. The molecule has 1 aromatic rings. The average Bonchev–Trinajstić information content (AvgIpc) is 2.90. The topological polar surface area (TPSA) is 49.8 Å². The van der Waals surface area contributed by atoms with E-state index in [0.717, 1.165) is 11.3 Å². The van der Waals surface area contributed by atoms with Crippen LogP contribution in [0.2, 0.25) is 0 Å². The van der Waals surface area contributed by atoms with E-state index in [1.54, 1.807) is 16.7 Å².